The second-order valence-corrected chi connectivity index (χ2v) is 7.00. The van der Waals surface area contributed by atoms with Crippen molar-refractivity contribution in [3.8, 4) is 5.75 Å². The Hall–Kier alpha value is -3.09. The summed E-state index contributed by atoms with van der Waals surface area (Å²) in [4.78, 5) is 26.1. The van der Waals surface area contributed by atoms with E-state index in [1.165, 1.54) is 18.1 Å². The molecule has 2 aliphatic rings. The molecule has 4 rings (SSSR count). The zero-order valence-electron chi connectivity index (χ0n) is 15.2. The van der Waals surface area contributed by atoms with Crippen molar-refractivity contribution in [1.82, 2.24) is 5.32 Å². The third-order valence-corrected chi connectivity index (χ3v) is 5.11. The Morgan fingerprint density at radius 1 is 1.33 bits per heavy atom. The maximum atomic E-state index is 14.1. The molecule has 0 aromatic heterocycles. The van der Waals surface area contributed by atoms with E-state index in [0.717, 1.165) is 5.56 Å². The number of aryl methyl sites for hydroxylation is 1. The highest BCUT2D eigenvalue weighted by Crippen LogP contribution is 2.45. The van der Waals surface area contributed by atoms with Gasteiger partial charge in [-0.1, -0.05) is 6.07 Å². The summed E-state index contributed by atoms with van der Waals surface area (Å²) >= 11 is 0. The molecule has 2 aromatic carbocycles. The highest BCUT2D eigenvalue weighted by Gasteiger charge is 2.50. The van der Waals surface area contributed by atoms with E-state index in [2.05, 4.69) is 5.32 Å². The molecule has 2 aromatic rings. The van der Waals surface area contributed by atoms with Gasteiger partial charge in [-0.2, -0.15) is 0 Å². The SMILES string of the molecule is COC(=O)c1ccc2c(c1)[C@H]1C[C@](C)(O2)N(c2ccc(C)c(F)c2)C(=O)N1. The van der Waals surface area contributed by atoms with E-state index in [1.807, 2.05) is 0 Å². The number of nitrogens with one attached hydrogen (secondary N) is 1. The van der Waals surface area contributed by atoms with Crippen molar-refractivity contribution >= 4 is 17.7 Å². The third-order valence-electron chi connectivity index (χ3n) is 5.11. The molecule has 0 aliphatic carbocycles. The van der Waals surface area contributed by atoms with Gasteiger partial charge in [-0.3, -0.25) is 4.90 Å². The van der Waals surface area contributed by atoms with Crippen molar-refractivity contribution in [2.45, 2.75) is 32.0 Å². The lowest BCUT2D eigenvalue weighted by atomic mass is 9.89. The summed E-state index contributed by atoms with van der Waals surface area (Å²) in [6.07, 6.45) is 0.450. The summed E-state index contributed by atoms with van der Waals surface area (Å²) in [7, 11) is 1.32. The standard InChI is InChI=1S/C20H19FN2O4/c1-11-4-6-13(9-15(11)21)23-19(25)22-16-10-20(23,2)27-17-7-5-12(8-14(16)17)18(24)26-3/h4-9,16H,10H2,1-3H3,(H,22,25)/t16-,20+/m1/s1. The van der Waals surface area contributed by atoms with Crippen LogP contribution in [-0.2, 0) is 4.74 Å². The number of esters is 1. The predicted molar refractivity (Wildman–Crippen MR) is 96.3 cm³/mol. The number of carbonyl (C=O) groups excluding carboxylic acids is 2. The normalized spacial score (nSPS) is 23.2. The summed E-state index contributed by atoms with van der Waals surface area (Å²) in [5.74, 6) is -0.269. The van der Waals surface area contributed by atoms with Crippen molar-refractivity contribution < 1.29 is 23.5 Å². The Morgan fingerprint density at radius 3 is 2.81 bits per heavy atom. The topological polar surface area (TPSA) is 67.9 Å². The minimum absolute atomic E-state index is 0.317. The van der Waals surface area contributed by atoms with Gasteiger partial charge in [-0.15, -0.1) is 0 Å². The van der Waals surface area contributed by atoms with Crippen LogP contribution in [0.2, 0.25) is 0 Å². The molecule has 2 atom stereocenters. The number of anilines is 1. The molecule has 6 nitrogen and oxygen atoms in total. The monoisotopic (exact) mass is 370 g/mol. The smallest absolute Gasteiger partial charge is 0.337 e. The van der Waals surface area contributed by atoms with Gasteiger partial charge in [0.2, 0.25) is 0 Å². The van der Waals surface area contributed by atoms with Gasteiger partial charge in [0.1, 0.15) is 11.6 Å². The number of nitrogens with zero attached hydrogens (tertiary/aromatic N) is 1. The highest BCUT2D eigenvalue weighted by molar-refractivity contribution is 5.95. The molecular weight excluding hydrogens is 351 g/mol. The second kappa shape index (κ2) is 5.97. The van der Waals surface area contributed by atoms with Crippen LogP contribution in [0.1, 0.15) is 40.9 Å². The fourth-order valence-corrected chi connectivity index (χ4v) is 3.73. The van der Waals surface area contributed by atoms with Gasteiger partial charge >= 0.3 is 12.0 Å². The zero-order chi connectivity index (χ0) is 19.3. The molecule has 2 amide bonds. The number of halogens is 1. The number of methoxy groups -OCH3 is 1. The Bertz CT molecular complexity index is 961. The summed E-state index contributed by atoms with van der Waals surface area (Å²) in [6.45, 7) is 3.47. The number of amides is 2. The lowest BCUT2D eigenvalue weighted by Gasteiger charge is -2.50. The molecule has 2 heterocycles. The molecule has 140 valence electrons. The molecule has 0 unspecified atom stereocenters. The van der Waals surface area contributed by atoms with Crippen molar-refractivity contribution in [2.24, 2.45) is 0 Å². The van der Waals surface area contributed by atoms with Crippen molar-refractivity contribution in [3.63, 3.8) is 0 Å². The van der Waals surface area contributed by atoms with Crippen LogP contribution in [0.25, 0.3) is 0 Å². The molecule has 1 fully saturated rings. The molecule has 2 bridgehead atoms. The van der Waals surface area contributed by atoms with Gasteiger partial charge in [-0.05, 0) is 49.7 Å². The number of hydrogen-bond acceptors (Lipinski definition) is 4. The number of urea groups is 1. The maximum Gasteiger partial charge on any atom is 0.337 e. The summed E-state index contributed by atoms with van der Waals surface area (Å²) in [5.41, 5.74) is 1.06. The maximum absolute atomic E-state index is 14.1. The first kappa shape index (κ1) is 17.3. The van der Waals surface area contributed by atoms with Gasteiger partial charge in [-0.25, -0.2) is 14.0 Å². The Labute approximate surface area is 155 Å². The van der Waals surface area contributed by atoms with Crippen LogP contribution >= 0.6 is 0 Å². The number of benzene rings is 2. The Balaban J connectivity index is 1.76. The molecule has 2 aliphatic heterocycles. The number of hydrogen-bond donors (Lipinski definition) is 1. The van der Waals surface area contributed by atoms with Crippen LogP contribution in [0.4, 0.5) is 14.9 Å². The van der Waals surface area contributed by atoms with Gasteiger partial charge in [0.15, 0.2) is 5.72 Å². The van der Waals surface area contributed by atoms with Gasteiger partial charge in [0.25, 0.3) is 0 Å². The van der Waals surface area contributed by atoms with E-state index in [4.69, 9.17) is 9.47 Å². The predicted octanol–water partition coefficient (Wildman–Crippen LogP) is 3.69. The lowest BCUT2D eigenvalue weighted by molar-refractivity contribution is 0.0377. The lowest BCUT2D eigenvalue weighted by Crippen LogP contribution is -2.65. The first-order chi connectivity index (χ1) is 12.8. The molecular formula is C20H19FN2O4. The second-order valence-electron chi connectivity index (χ2n) is 7.00. The van der Waals surface area contributed by atoms with Crippen LogP contribution in [0.3, 0.4) is 0 Å². The van der Waals surface area contributed by atoms with Crippen molar-refractivity contribution in [2.75, 3.05) is 12.0 Å². The van der Waals surface area contributed by atoms with E-state index in [1.54, 1.807) is 44.2 Å². The number of ether oxygens (including phenoxy) is 2. The largest absolute Gasteiger partial charge is 0.467 e. The zero-order valence-corrected chi connectivity index (χ0v) is 15.2. The highest BCUT2D eigenvalue weighted by atomic mass is 19.1. The molecule has 27 heavy (non-hydrogen) atoms. The number of carbonyl (C=O) groups is 2. The van der Waals surface area contributed by atoms with Crippen LogP contribution in [0.15, 0.2) is 36.4 Å². The average molecular weight is 370 g/mol. The molecule has 1 saturated heterocycles. The number of fused-ring (bicyclic) bond motifs is 4. The minimum atomic E-state index is -0.978. The first-order valence-electron chi connectivity index (χ1n) is 8.60. The van der Waals surface area contributed by atoms with E-state index < -0.39 is 11.7 Å². The van der Waals surface area contributed by atoms with Crippen LogP contribution in [-0.4, -0.2) is 24.8 Å². The third kappa shape index (κ3) is 2.70. The quantitative estimate of drug-likeness (QED) is 0.819. The fourth-order valence-electron chi connectivity index (χ4n) is 3.73. The van der Waals surface area contributed by atoms with Crippen molar-refractivity contribution in [3.05, 3.63) is 58.9 Å². The van der Waals surface area contributed by atoms with Gasteiger partial charge < -0.3 is 14.8 Å². The van der Waals surface area contributed by atoms with E-state index >= 15 is 0 Å². The molecule has 0 spiro atoms. The van der Waals surface area contributed by atoms with Crippen LogP contribution in [0.5, 0.6) is 5.75 Å². The molecule has 1 N–H and O–H groups in total. The van der Waals surface area contributed by atoms with Crippen LogP contribution < -0.4 is 15.0 Å². The first-order valence-corrected chi connectivity index (χ1v) is 8.60. The van der Waals surface area contributed by atoms with Crippen molar-refractivity contribution in [1.29, 1.82) is 0 Å². The molecule has 7 heteroatoms. The van der Waals surface area contributed by atoms with E-state index in [-0.39, 0.29) is 17.9 Å². The number of rotatable bonds is 2. The van der Waals surface area contributed by atoms with E-state index in [9.17, 15) is 14.0 Å². The fraction of sp³-hybridized carbons (Fsp3) is 0.300. The molecule has 0 saturated carbocycles. The average Bonchev–Trinajstić information content (AvgIpc) is 2.63. The Morgan fingerprint density at radius 2 is 2.11 bits per heavy atom. The van der Waals surface area contributed by atoms with E-state index in [0.29, 0.717) is 29.0 Å². The molecule has 0 radical (unpaired) electrons. The summed E-state index contributed by atoms with van der Waals surface area (Å²) in [5, 5.41) is 2.93. The minimum Gasteiger partial charge on any atom is -0.467 e. The van der Waals surface area contributed by atoms with Crippen LogP contribution in [0, 0.1) is 12.7 Å². The summed E-state index contributed by atoms with van der Waals surface area (Å²) < 4.78 is 25.0. The Kier molecular flexibility index (Phi) is 3.83. The van der Waals surface area contributed by atoms with Gasteiger partial charge in [0, 0.05) is 12.0 Å². The summed E-state index contributed by atoms with van der Waals surface area (Å²) in [6, 6.07) is 8.94. The van der Waals surface area contributed by atoms with Gasteiger partial charge in [0.05, 0.1) is 24.4 Å².